The zero-order valence-corrected chi connectivity index (χ0v) is 13.4. The number of hydrogen-bond acceptors (Lipinski definition) is 1. The van der Waals surface area contributed by atoms with Gasteiger partial charge in [0.1, 0.15) is 5.82 Å². The van der Waals surface area contributed by atoms with Crippen LogP contribution in [0.25, 0.3) is 0 Å². The summed E-state index contributed by atoms with van der Waals surface area (Å²) in [5.41, 5.74) is 1.13. The van der Waals surface area contributed by atoms with Crippen molar-refractivity contribution in [3.63, 3.8) is 0 Å². The number of hydrogen-bond donors (Lipinski definition) is 0. The minimum atomic E-state index is -0.197. The van der Waals surface area contributed by atoms with E-state index in [4.69, 9.17) is 0 Å². The minimum absolute atomic E-state index is 0.197. The molecule has 0 heterocycles. The summed E-state index contributed by atoms with van der Waals surface area (Å²) in [6.45, 7) is 6.27. The van der Waals surface area contributed by atoms with Crippen LogP contribution in [0, 0.1) is 5.82 Å². The highest BCUT2D eigenvalue weighted by Gasteiger charge is 2.11. The van der Waals surface area contributed by atoms with Gasteiger partial charge in [-0.1, -0.05) is 37.9 Å². The van der Waals surface area contributed by atoms with Crippen molar-refractivity contribution in [2.45, 2.75) is 32.9 Å². The average Bonchev–Trinajstić information content (AvgIpc) is 2.26. The van der Waals surface area contributed by atoms with E-state index >= 15 is 0 Å². The molecule has 4 heteroatoms. The van der Waals surface area contributed by atoms with Crippen molar-refractivity contribution in [3.05, 3.63) is 34.1 Å². The lowest BCUT2D eigenvalue weighted by Gasteiger charge is -2.26. The van der Waals surface area contributed by atoms with Crippen LogP contribution in [0.2, 0.25) is 0 Å². The predicted molar refractivity (Wildman–Crippen MR) is 78.1 cm³/mol. The van der Waals surface area contributed by atoms with E-state index in [1.807, 2.05) is 6.07 Å². The fraction of sp³-hybridized carbons (Fsp3) is 0.538. The molecule has 0 saturated carbocycles. The molecule has 0 aliphatic rings. The highest BCUT2D eigenvalue weighted by Crippen LogP contribution is 2.20. The van der Waals surface area contributed by atoms with Gasteiger partial charge in [-0.3, -0.25) is 4.90 Å². The van der Waals surface area contributed by atoms with E-state index < -0.39 is 0 Å². The lowest BCUT2D eigenvalue weighted by atomic mass is 10.2. The normalized spacial score (nSPS) is 11.5. The first kappa shape index (κ1) is 15.1. The van der Waals surface area contributed by atoms with Crippen molar-refractivity contribution in [2.75, 3.05) is 11.9 Å². The first-order chi connectivity index (χ1) is 8.04. The predicted octanol–water partition coefficient (Wildman–Crippen LogP) is 4.58. The van der Waals surface area contributed by atoms with E-state index in [1.54, 1.807) is 0 Å². The number of rotatable bonds is 6. The maximum absolute atomic E-state index is 13.0. The molecule has 0 aliphatic carbocycles. The molecule has 96 valence electrons. The summed E-state index contributed by atoms with van der Waals surface area (Å²) in [7, 11) is 0. The lowest BCUT2D eigenvalue weighted by molar-refractivity contribution is 0.213. The molecule has 0 unspecified atom stereocenters. The fourth-order valence-corrected chi connectivity index (χ4v) is 2.38. The molecule has 0 bridgehead atoms. The van der Waals surface area contributed by atoms with E-state index in [0.29, 0.717) is 6.04 Å². The Balaban J connectivity index is 2.71. The molecular formula is C13H18Br2FN. The largest absolute Gasteiger partial charge is 0.297 e. The van der Waals surface area contributed by atoms with Gasteiger partial charge < -0.3 is 0 Å². The molecule has 1 aromatic carbocycles. The summed E-state index contributed by atoms with van der Waals surface area (Å²) in [5.74, 6) is -0.197. The van der Waals surface area contributed by atoms with Crippen molar-refractivity contribution in [3.8, 4) is 0 Å². The van der Waals surface area contributed by atoms with Crippen LogP contribution in [-0.4, -0.2) is 22.8 Å². The van der Waals surface area contributed by atoms with Gasteiger partial charge in [-0.15, -0.1) is 0 Å². The molecule has 1 aromatic rings. The van der Waals surface area contributed by atoms with E-state index in [9.17, 15) is 4.39 Å². The van der Waals surface area contributed by atoms with Crippen molar-refractivity contribution in [1.29, 1.82) is 0 Å². The lowest BCUT2D eigenvalue weighted by Crippen LogP contribution is -2.31. The van der Waals surface area contributed by atoms with E-state index in [0.717, 1.165) is 34.9 Å². The monoisotopic (exact) mass is 365 g/mol. The molecule has 1 rings (SSSR count). The molecule has 1 nitrogen and oxygen atoms in total. The van der Waals surface area contributed by atoms with Crippen molar-refractivity contribution >= 4 is 31.9 Å². The third kappa shape index (κ3) is 5.06. The van der Waals surface area contributed by atoms with Crippen LogP contribution in [0.1, 0.15) is 25.8 Å². The standard InChI is InChI=1S/C13H18Br2FN/c1-10(2)17(7-3-6-14)9-11-4-5-12(16)8-13(11)15/h4-5,8,10H,3,6-7,9H2,1-2H3. The van der Waals surface area contributed by atoms with Gasteiger partial charge in [0.25, 0.3) is 0 Å². The fourth-order valence-electron chi connectivity index (χ4n) is 1.65. The van der Waals surface area contributed by atoms with Crippen molar-refractivity contribution in [2.24, 2.45) is 0 Å². The number of halogens is 3. The minimum Gasteiger partial charge on any atom is -0.297 e. The third-order valence-electron chi connectivity index (χ3n) is 2.70. The summed E-state index contributed by atoms with van der Waals surface area (Å²) in [6, 6.07) is 5.38. The van der Waals surface area contributed by atoms with Crippen molar-refractivity contribution in [1.82, 2.24) is 4.90 Å². The molecule has 0 fully saturated rings. The Hall–Kier alpha value is 0.0700. The zero-order chi connectivity index (χ0) is 12.8. The van der Waals surface area contributed by atoms with Crippen LogP contribution in [0.5, 0.6) is 0 Å². The van der Waals surface area contributed by atoms with Gasteiger partial charge >= 0.3 is 0 Å². The highest BCUT2D eigenvalue weighted by molar-refractivity contribution is 9.10. The third-order valence-corrected chi connectivity index (χ3v) is 4.00. The van der Waals surface area contributed by atoms with Crippen LogP contribution >= 0.6 is 31.9 Å². The SMILES string of the molecule is CC(C)N(CCCBr)Cc1ccc(F)cc1Br. The molecule has 0 radical (unpaired) electrons. The Kier molecular flexibility index (Phi) is 6.67. The molecule has 17 heavy (non-hydrogen) atoms. The van der Waals surface area contributed by atoms with Gasteiger partial charge in [0.05, 0.1) is 0 Å². The van der Waals surface area contributed by atoms with Gasteiger partial charge in [-0.2, -0.15) is 0 Å². The number of benzene rings is 1. The zero-order valence-electron chi connectivity index (χ0n) is 10.2. The Morgan fingerprint density at radius 1 is 1.35 bits per heavy atom. The maximum atomic E-state index is 13.0. The second kappa shape index (κ2) is 7.49. The molecule has 0 N–H and O–H groups in total. The topological polar surface area (TPSA) is 3.24 Å². The van der Waals surface area contributed by atoms with Gasteiger partial charge in [0.15, 0.2) is 0 Å². The molecular weight excluding hydrogens is 349 g/mol. The molecule has 0 saturated heterocycles. The van der Waals surface area contributed by atoms with Gasteiger partial charge in [-0.05, 0) is 44.5 Å². The van der Waals surface area contributed by atoms with Crippen LogP contribution in [0.3, 0.4) is 0 Å². The Bertz CT molecular complexity index is 355. The van der Waals surface area contributed by atoms with Gasteiger partial charge in [0, 0.05) is 22.4 Å². The number of alkyl halides is 1. The molecule has 0 atom stereocenters. The second-order valence-corrected chi connectivity index (χ2v) is 5.99. The van der Waals surface area contributed by atoms with E-state index in [1.165, 1.54) is 12.1 Å². The first-order valence-corrected chi connectivity index (χ1v) is 7.70. The first-order valence-electron chi connectivity index (χ1n) is 5.78. The summed E-state index contributed by atoms with van der Waals surface area (Å²) in [6.07, 6.45) is 1.12. The number of nitrogens with zero attached hydrogens (tertiary/aromatic N) is 1. The second-order valence-electron chi connectivity index (χ2n) is 4.34. The molecule has 0 amide bonds. The summed E-state index contributed by atoms with van der Waals surface area (Å²) < 4.78 is 13.8. The average molecular weight is 367 g/mol. The van der Waals surface area contributed by atoms with Crippen LogP contribution in [0.15, 0.2) is 22.7 Å². The maximum Gasteiger partial charge on any atom is 0.124 e. The van der Waals surface area contributed by atoms with Crippen molar-refractivity contribution < 1.29 is 4.39 Å². The van der Waals surface area contributed by atoms with Crippen LogP contribution < -0.4 is 0 Å². The Labute approximate surface area is 120 Å². The van der Waals surface area contributed by atoms with Gasteiger partial charge in [-0.25, -0.2) is 4.39 Å². The highest BCUT2D eigenvalue weighted by atomic mass is 79.9. The van der Waals surface area contributed by atoms with E-state index in [2.05, 4.69) is 50.6 Å². The summed E-state index contributed by atoms with van der Waals surface area (Å²) in [4.78, 5) is 2.39. The summed E-state index contributed by atoms with van der Waals surface area (Å²) in [5, 5.41) is 1.01. The molecule has 0 spiro atoms. The smallest absolute Gasteiger partial charge is 0.124 e. The quantitative estimate of drug-likeness (QED) is 0.666. The van der Waals surface area contributed by atoms with Crippen LogP contribution in [-0.2, 0) is 6.54 Å². The van der Waals surface area contributed by atoms with Gasteiger partial charge in [0.2, 0.25) is 0 Å². The Morgan fingerprint density at radius 3 is 2.59 bits per heavy atom. The molecule has 0 aliphatic heterocycles. The molecule has 0 aromatic heterocycles. The van der Waals surface area contributed by atoms with E-state index in [-0.39, 0.29) is 5.82 Å². The van der Waals surface area contributed by atoms with Crippen LogP contribution in [0.4, 0.5) is 4.39 Å². The summed E-state index contributed by atoms with van der Waals surface area (Å²) >= 11 is 6.87. The Morgan fingerprint density at radius 2 is 2.06 bits per heavy atom.